The summed E-state index contributed by atoms with van der Waals surface area (Å²) in [6.45, 7) is 6.48. The molecule has 1 unspecified atom stereocenters. The van der Waals surface area contributed by atoms with Crippen molar-refractivity contribution in [3.05, 3.63) is 24.2 Å². The van der Waals surface area contributed by atoms with E-state index in [1.165, 1.54) is 12.8 Å². The van der Waals surface area contributed by atoms with E-state index in [4.69, 9.17) is 11.6 Å². The number of aromatic nitrogens is 3. The summed E-state index contributed by atoms with van der Waals surface area (Å²) in [5.74, 6) is 2.94. The van der Waals surface area contributed by atoms with E-state index in [0.29, 0.717) is 11.8 Å². The van der Waals surface area contributed by atoms with Crippen LogP contribution in [-0.2, 0) is 0 Å². The third-order valence-corrected chi connectivity index (χ3v) is 4.53. The summed E-state index contributed by atoms with van der Waals surface area (Å²) >= 11 is 5.91. The molecule has 5 heteroatoms. The minimum absolute atomic E-state index is 0.433. The predicted octanol–water partition coefficient (Wildman–Crippen LogP) is 3.70. The molecule has 0 amide bonds. The molecule has 3 rings (SSSR count). The predicted molar refractivity (Wildman–Crippen MR) is 87.4 cm³/mol. The van der Waals surface area contributed by atoms with E-state index in [0.717, 1.165) is 42.4 Å². The number of hydrogen-bond acceptors (Lipinski definition) is 3. The van der Waals surface area contributed by atoms with Crippen LogP contribution in [0.15, 0.2) is 18.5 Å². The summed E-state index contributed by atoms with van der Waals surface area (Å²) in [5.41, 5.74) is 2.24. The highest BCUT2D eigenvalue weighted by atomic mass is 35.5. The Morgan fingerprint density at radius 3 is 3.05 bits per heavy atom. The van der Waals surface area contributed by atoms with Gasteiger partial charge < -0.3 is 4.90 Å². The summed E-state index contributed by atoms with van der Waals surface area (Å²) in [5, 5.41) is 4.65. The van der Waals surface area contributed by atoms with Gasteiger partial charge in [0.1, 0.15) is 5.52 Å². The molecule has 1 atom stereocenters. The second-order valence-electron chi connectivity index (χ2n) is 6.24. The maximum atomic E-state index is 5.91. The van der Waals surface area contributed by atoms with Gasteiger partial charge in [-0.25, -0.2) is 9.50 Å². The van der Waals surface area contributed by atoms with Crippen LogP contribution in [0.25, 0.3) is 5.52 Å². The zero-order valence-corrected chi connectivity index (χ0v) is 13.6. The zero-order chi connectivity index (χ0) is 14.8. The van der Waals surface area contributed by atoms with Crippen molar-refractivity contribution in [1.29, 1.82) is 0 Å². The molecule has 0 spiro atoms. The van der Waals surface area contributed by atoms with Crippen LogP contribution in [0.3, 0.4) is 0 Å². The van der Waals surface area contributed by atoms with Crippen molar-refractivity contribution in [2.45, 2.75) is 39.0 Å². The number of alkyl halides is 1. The first-order valence-corrected chi connectivity index (χ1v) is 8.37. The van der Waals surface area contributed by atoms with Crippen molar-refractivity contribution >= 4 is 22.9 Å². The van der Waals surface area contributed by atoms with Gasteiger partial charge in [-0.15, -0.1) is 11.6 Å². The molecule has 0 bridgehead atoms. The number of fused-ring (bicyclic) bond motifs is 1. The normalized spacial score (nSPS) is 19.6. The van der Waals surface area contributed by atoms with Gasteiger partial charge in [0.15, 0.2) is 5.82 Å². The van der Waals surface area contributed by atoms with Gasteiger partial charge in [0.25, 0.3) is 0 Å². The standard InChI is InChI=1S/C16H23ClN4/c1-12(2)14-10-15-16(18-7-9-21(15)19-14)20-8-3-4-13(11-20)5-6-17/h7,9-10,12-13H,3-6,8,11H2,1-2H3. The smallest absolute Gasteiger partial charge is 0.154 e. The Bertz CT molecular complexity index is 605. The molecule has 0 aromatic carbocycles. The van der Waals surface area contributed by atoms with E-state index in [2.05, 4.69) is 34.9 Å². The third-order valence-electron chi connectivity index (χ3n) is 4.32. The Hall–Kier alpha value is -1.29. The van der Waals surface area contributed by atoms with Crippen LogP contribution in [0, 0.1) is 5.92 Å². The van der Waals surface area contributed by atoms with E-state index in [-0.39, 0.29) is 0 Å². The van der Waals surface area contributed by atoms with Gasteiger partial charge in [0, 0.05) is 31.4 Å². The Morgan fingerprint density at radius 1 is 1.43 bits per heavy atom. The van der Waals surface area contributed by atoms with E-state index < -0.39 is 0 Å². The summed E-state index contributed by atoms with van der Waals surface area (Å²) in [7, 11) is 0. The fraction of sp³-hybridized carbons (Fsp3) is 0.625. The lowest BCUT2D eigenvalue weighted by Crippen LogP contribution is -2.36. The SMILES string of the molecule is CC(C)c1cc2c(N3CCCC(CCCl)C3)nccn2n1. The average molecular weight is 307 g/mol. The second kappa shape index (κ2) is 6.22. The van der Waals surface area contributed by atoms with Crippen molar-refractivity contribution in [2.75, 3.05) is 23.9 Å². The van der Waals surface area contributed by atoms with Crippen LogP contribution in [0.2, 0.25) is 0 Å². The molecular weight excluding hydrogens is 284 g/mol. The molecule has 0 aliphatic carbocycles. The Balaban J connectivity index is 1.92. The van der Waals surface area contributed by atoms with Crippen LogP contribution in [0.4, 0.5) is 5.82 Å². The molecule has 2 aromatic heterocycles. The van der Waals surface area contributed by atoms with Crippen LogP contribution in [-0.4, -0.2) is 33.6 Å². The lowest BCUT2D eigenvalue weighted by Gasteiger charge is -2.33. The first kappa shape index (κ1) is 14.6. The van der Waals surface area contributed by atoms with E-state index in [1.807, 2.05) is 16.9 Å². The highest BCUT2D eigenvalue weighted by Gasteiger charge is 2.22. The molecule has 1 aliphatic heterocycles. The maximum absolute atomic E-state index is 5.91. The number of rotatable bonds is 4. The van der Waals surface area contributed by atoms with Crippen LogP contribution in [0.5, 0.6) is 0 Å². The molecule has 1 saturated heterocycles. The minimum Gasteiger partial charge on any atom is -0.355 e. The monoisotopic (exact) mass is 306 g/mol. The van der Waals surface area contributed by atoms with Gasteiger partial charge in [0.2, 0.25) is 0 Å². The highest BCUT2D eigenvalue weighted by Crippen LogP contribution is 2.28. The summed E-state index contributed by atoms with van der Waals surface area (Å²) < 4.78 is 1.96. The fourth-order valence-electron chi connectivity index (χ4n) is 3.10. The summed E-state index contributed by atoms with van der Waals surface area (Å²) in [6, 6.07) is 2.18. The van der Waals surface area contributed by atoms with E-state index >= 15 is 0 Å². The fourth-order valence-corrected chi connectivity index (χ4v) is 3.41. The average Bonchev–Trinajstić information content (AvgIpc) is 2.92. The first-order chi connectivity index (χ1) is 10.2. The van der Waals surface area contributed by atoms with E-state index in [1.54, 1.807) is 0 Å². The summed E-state index contributed by atoms with van der Waals surface area (Å²) in [4.78, 5) is 7.03. The lowest BCUT2D eigenvalue weighted by atomic mass is 9.95. The molecule has 3 heterocycles. The Labute approximate surface area is 131 Å². The van der Waals surface area contributed by atoms with Gasteiger partial charge in [-0.2, -0.15) is 5.10 Å². The van der Waals surface area contributed by atoms with Crippen LogP contribution in [0.1, 0.15) is 44.7 Å². The highest BCUT2D eigenvalue weighted by molar-refractivity contribution is 6.17. The molecule has 114 valence electrons. The molecule has 4 nitrogen and oxygen atoms in total. The van der Waals surface area contributed by atoms with Crippen molar-refractivity contribution in [3.8, 4) is 0 Å². The molecule has 1 aliphatic rings. The Kier molecular flexibility index (Phi) is 4.34. The molecule has 0 saturated carbocycles. The number of hydrogen-bond donors (Lipinski definition) is 0. The van der Waals surface area contributed by atoms with Gasteiger partial charge in [-0.05, 0) is 37.2 Å². The van der Waals surface area contributed by atoms with Crippen LogP contribution < -0.4 is 4.90 Å². The maximum Gasteiger partial charge on any atom is 0.154 e. The lowest BCUT2D eigenvalue weighted by molar-refractivity contribution is 0.405. The van der Waals surface area contributed by atoms with E-state index in [9.17, 15) is 0 Å². The van der Waals surface area contributed by atoms with Crippen molar-refractivity contribution < 1.29 is 0 Å². The van der Waals surface area contributed by atoms with Crippen LogP contribution >= 0.6 is 11.6 Å². The minimum atomic E-state index is 0.433. The van der Waals surface area contributed by atoms with Gasteiger partial charge in [0.05, 0.1) is 5.69 Å². The topological polar surface area (TPSA) is 33.4 Å². The van der Waals surface area contributed by atoms with Crippen molar-refractivity contribution in [3.63, 3.8) is 0 Å². The summed E-state index contributed by atoms with van der Waals surface area (Å²) in [6.07, 6.45) is 7.38. The number of halogens is 1. The first-order valence-electron chi connectivity index (χ1n) is 7.84. The molecular formula is C16H23ClN4. The molecule has 1 fully saturated rings. The number of piperidine rings is 1. The number of anilines is 1. The third kappa shape index (κ3) is 3.00. The Morgan fingerprint density at radius 2 is 2.29 bits per heavy atom. The van der Waals surface area contributed by atoms with Gasteiger partial charge in [-0.1, -0.05) is 13.8 Å². The largest absolute Gasteiger partial charge is 0.355 e. The molecule has 0 N–H and O–H groups in total. The van der Waals surface area contributed by atoms with Gasteiger partial charge in [-0.3, -0.25) is 0 Å². The van der Waals surface area contributed by atoms with Gasteiger partial charge >= 0.3 is 0 Å². The molecule has 21 heavy (non-hydrogen) atoms. The van der Waals surface area contributed by atoms with Crippen molar-refractivity contribution in [1.82, 2.24) is 14.6 Å². The van der Waals surface area contributed by atoms with Crippen molar-refractivity contribution in [2.24, 2.45) is 5.92 Å². The molecule has 0 radical (unpaired) electrons. The molecule has 2 aromatic rings. The number of nitrogens with zero attached hydrogens (tertiary/aromatic N) is 4. The second-order valence-corrected chi connectivity index (χ2v) is 6.61. The quantitative estimate of drug-likeness (QED) is 0.808. The zero-order valence-electron chi connectivity index (χ0n) is 12.8.